The summed E-state index contributed by atoms with van der Waals surface area (Å²) in [6, 6.07) is 12.0. The molecule has 1 aromatic carbocycles. The fourth-order valence-corrected chi connectivity index (χ4v) is 3.11. The van der Waals surface area contributed by atoms with Crippen LogP contribution in [0, 0.1) is 19.8 Å². The summed E-state index contributed by atoms with van der Waals surface area (Å²) >= 11 is 0. The zero-order chi connectivity index (χ0) is 17.4. The number of imidazole rings is 1. The van der Waals surface area contributed by atoms with Crippen molar-refractivity contribution in [3.05, 3.63) is 59.4 Å². The number of fused-ring (bicyclic) bond motifs is 1. The van der Waals surface area contributed by atoms with E-state index in [9.17, 15) is 9.90 Å². The van der Waals surface area contributed by atoms with Crippen LogP contribution in [0.1, 0.15) is 36.6 Å². The van der Waals surface area contributed by atoms with Gasteiger partial charge in [-0.1, -0.05) is 49.7 Å². The molecule has 0 amide bonds. The molecule has 1 N–H and O–H groups in total. The minimum absolute atomic E-state index is 0.0351. The molecule has 0 aliphatic heterocycles. The van der Waals surface area contributed by atoms with Gasteiger partial charge in [-0.15, -0.1) is 0 Å². The van der Waals surface area contributed by atoms with E-state index in [0.29, 0.717) is 0 Å². The topological polar surface area (TPSA) is 54.6 Å². The molecule has 0 fully saturated rings. The van der Waals surface area contributed by atoms with Crippen molar-refractivity contribution >= 4 is 11.6 Å². The van der Waals surface area contributed by atoms with Crippen LogP contribution in [0.15, 0.2) is 42.6 Å². The summed E-state index contributed by atoms with van der Waals surface area (Å²) in [6.45, 7) is 7.91. The second kappa shape index (κ2) is 6.11. The molecule has 24 heavy (non-hydrogen) atoms. The van der Waals surface area contributed by atoms with Crippen molar-refractivity contribution in [2.75, 3.05) is 0 Å². The molecule has 4 heteroatoms. The van der Waals surface area contributed by atoms with Crippen molar-refractivity contribution in [2.45, 2.75) is 33.6 Å². The van der Waals surface area contributed by atoms with Crippen molar-refractivity contribution in [1.29, 1.82) is 0 Å². The first-order chi connectivity index (χ1) is 11.4. The van der Waals surface area contributed by atoms with Gasteiger partial charge in [0, 0.05) is 11.8 Å². The van der Waals surface area contributed by atoms with E-state index in [1.807, 2.05) is 74.7 Å². The van der Waals surface area contributed by atoms with Crippen LogP contribution in [-0.2, 0) is 4.79 Å². The molecule has 4 nitrogen and oxygen atoms in total. The molecule has 0 spiro atoms. The Labute approximate surface area is 141 Å². The van der Waals surface area contributed by atoms with Gasteiger partial charge < -0.3 is 9.51 Å². The van der Waals surface area contributed by atoms with E-state index in [4.69, 9.17) is 4.98 Å². The highest BCUT2D eigenvalue weighted by atomic mass is 16.4. The second-order valence-electron chi connectivity index (χ2n) is 6.71. The number of carbonyl (C=O) groups is 1. The lowest BCUT2D eigenvalue weighted by atomic mass is 9.89. The fraction of sp³-hybridized carbons (Fsp3) is 0.300. The molecular formula is C20H22N2O2. The predicted octanol–water partition coefficient (Wildman–Crippen LogP) is 4.44. The van der Waals surface area contributed by atoms with Gasteiger partial charge in [0.15, 0.2) is 0 Å². The number of rotatable bonds is 4. The summed E-state index contributed by atoms with van der Waals surface area (Å²) in [5.41, 5.74) is 5.46. The van der Waals surface area contributed by atoms with E-state index < -0.39 is 11.9 Å². The highest BCUT2D eigenvalue weighted by Gasteiger charge is 2.30. The first kappa shape index (κ1) is 16.2. The van der Waals surface area contributed by atoms with E-state index in [1.165, 1.54) is 5.56 Å². The number of carboxylic acid groups (broad SMARTS) is 1. The van der Waals surface area contributed by atoms with E-state index in [-0.39, 0.29) is 5.92 Å². The molecule has 2 aromatic heterocycles. The highest BCUT2D eigenvalue weighted by molar-refractivity contribution is 5.81. The van der Waals surface area contributed by atoms with E-state index in [0.717, 1.165) is 28.2 Å². The molecular weight excluding hydrogens is 300 g/mol. The number of benzene rings is 1. The normalized spacial score (nSPS) is 12.7. The van der Waals surface area contributed by atoms with Crippen molar-refractivity contribution in [3.8, 4) is 11.3 Å². The Morgan fingerprint density at radius 3 is 2.25 bits per heavy atom. The van der Waals surface area contributed by atoms with Gasteiger partial charge in [0.25, 0.3) is 0 Å². The third-order valence-corrected chi connectivity index (χ3v) is 4.36. The number of hydrogen-bond acceptors (Lipinski definition) is 2. The van der Waals surface area contributed by atoms with Crippen molar-refractivity contribution < 1.29 is 9.90 Å². The van der Waals surface area contributed by atoms with Gasteiger partial charge >= 0.3 is 5.97 Å². The Bertz CT molecular complexity index is 892. The Morgan fingerprint density at radius 1 is 1.04 bits per heavy atom. The number of aryl methyl sites for hydroxylation is 2. The van der Waals surface area contributed by atoms with Crippen molar-refractivity contribution in [3.63, 3.8) is 0 Å². The number of nitrogens with zero attached hydrogens (tertiary/aromatic N) is 2. The lowest BCUT2D eigenvalue weighted by Crippen LogP contribution is -2.20. The van der Waals surface area contributed by atoms with E-state index in [2.05, 4.69) is 0 Å². The van der Waals surface area contributed by atoms with Crippen LogP contribution in [0.3, 0.4) is 0 Å². The number of pyridine rings is 1. The van der Waals surface area contributed by atoms with Gasteiger partial charge in [0.1, 0.15) is 11.6 Å². The number of aromatic nitrogens is 2. The van der Waals surface area contributed by atoms with Gasteiger partial charge in [0.05, 0.1) is 11.4 Å². The summed E-state index contributed by atoms with van der Waals surface area (Å²) in [4.78, 5) is 16.7. The first-order valence-electron chi connectivity index (χ1n) is 8.17. The molecule has 2 heterocycles. The number of carboxylic acids is 1. The zero-order valence-corrected chi connectivity index (χ0v) is 14.4. The fourth-order valence-electron chi connectivity index (χ4n) is 3.11. The maximum absolute atomic E-state index is 12.0. The molecule has 0 saturated heterocycles. The maximum Gasteiger partial charge on any atom is 0.312 e. The zero-order valence-electron chi connectivity index (χ0n) is 14.4. The number of hydrogen-bond donors (Lipinski definition) is 1. The summed E-state index contributed by atoms with van der Waals surface area (Å²) in [6.07, 6.45) is 1.97. The Morgan fingerprint density at radius 2 is 1.67 bits per heavy atom. The SMILES string of the molecule is Cc1ccc(-c2nc3ccc(C)cn3c2C(C(=O)O)C(C)C)cc1. The largest absolute Gasteiger partial charge is 0.481 e. The first-order valence-corrected chi connectivity index (χ1v) is 8.17. The van der Waals surface area contributed by atoms with Crippen LogP contribution in [0.4, 0.5) is 0 Å². The second-order valence-corrected chi connectivity index (χ2v) is 6.71. The van der Waals surface area contributed by atoms with Crippen molar-refractivity contribution in [1.82, 2.24) is 9.38 Å². The molecule has 0 saturated carbocycles. The molecule has 3 aromatic rings. The smallest absolute Gasteiger partial charge is 0.312 e. The van der Waals surface area contributed by atoms with Crippen LogP contribution in [0.2, 0.25) is 0 Å². The average Bonchev–Trinajstić information content (AvgIpc) is 2.86. The molecule has 0 aliphatic carbocycles. The summed E-state index contributed by atoms with van der Waals surface area (Å²) in [7, 11) is 0. The van der Waals surface area contributed by atoms with Crippen LogP contribution < -0.4 is 0 Å². The quantitative estimate of drug-likeness (QED) is 0.772. The van der Waals surface area contributed by atoms with Gasteiger partial charge in [-0.3, -0.25) is 4.79 Å². The standard InChI is InChI=1S/C20H22N2O2/c1-12(2)17(20(23)24)19-18(15-8-5-13(3)6-9-15)21-16-10-7-14(4)11-22(16)19/h5-12,17H,1-4H3,(H,23,24). The molecule has 1 unspecified atom stereocenters. The number of aliphatic carboxylic acids is 1. The van der Waals surface area contributed by atoms with Gasteiger partial charge in [-0.05, 0) is 31.4 Å². The predicted molar refractivity (Wildman–Crippen MR) is 95.3 cm³/mol. The summed E-state index contributed by atoms with van der Waals surface area (Å²) < 4.78 is 1.93. The maximum atomic E-state index is 12.0. The van der Waals surface area contributed by atoms with Crippen LogP contribution >= 0.6 is 0 Å². The van der Waals surface area contributed by atoms with Gasteiger partial charge in [0.2, 0.25) is 0 Å². The third-order valence-electron chi connectivity index (χ3n) is 4.36. The van der Waals surface area contributed by atoms with E-state index in [1.54, 1.807) is 0 Å². The van der Waals surface area contributed by atoms with Crippen LogP contribution in [0.25, 0.3) is 16.9 Å². The minimum atomic E-state index is -0.818. The lowest BCUT2D eigenvalue weighted by molar-refractivity contribution is -0.140. The molecule has 124 valence electrons. The van der Waals surface area contributed by atoms with Gasteiger partial charge in [-0.2, -0.15) is 0 Å². The highest BCUT2D eigenvalue weighted by Crippen LogP contribution is 2.34. The van der Waals surface area contributed by atoms with Gasteiger partial charge in [-0.25, -0.2) is 4.98 Å². The van der Waals surface area contributed by atoms with Crippen LogP contribution in [-0.4, -0.2) is 20.5 Å². The van der Waals surface area contributed by atoms with E-state index >= 15 is 0 Å². The summed E-state index contributed by atoms with van der Waals surface area (Å²) in [5, 5.41) is 9.82. The molecule has 0 radical (unpaired) electrons. The lowest BCUT2D eigenvalue weighted by Gasteiger charge is -2.18. The third kappa shape index (κ3) is 2.80. The molecule has 1 atom stereocenters. The molecule has 0 bridgehead atoms. The average molecular weight is 322 g/mol. The molecule has 0 aliphatic rings. The summed E-state index contributed by atoms with van der Waals surface area (Å²) in [5.74, 6) is -1.47. The Kier molecular flexibility index (Phi) is 4.14. The Balaban J connectivity index is 2.34. The van der Waals surface area contributed by atoms with Crippen molar-refractivity contribution in [2.24, 2.45) is 5.92 Å². The van der Waals surface area contributed by atoms with Crippen LogP contribution in [0.5, 0.6) is 0 Å². The Hall–Kier alpha value is -2.62. The molecule has 3 rings (SSSR count). The minimum Gasteiger partial charge on any atom is -0.481 e. The monoisotopic (exact) mass is 322 g/mol.